The number of nitro groups is 1. The molecule has 3 aliphatic rings. The number of aliphatic hydroxyl groups excluding tert-OH is 1. The lowest BCUT2D eigenvalue weighted by molar-refractivity contribution is -0.387. The highest BCUT2D eigenvalue weighted by Gasteiger charge is 2.42. The molecule has 35 heteroatoms. The van der Waals surface area contributed by atoms with Crippen molar-refractivity contribution in [2.24, 2.45) is 33.8 Å². The molecule has 0 radical (unpaired) electrons. The zero-order valence-corrected chi connectivity index (χ0v) is 57.0. The summed E-state index contributed by atoms with van der Waals surface area (Å²) in [4.78, 5) is 171. The first-order chi connectivity index (χ1) is 47.1. The maximum atomic E-state index is 14.8. The molecule has 18 N–H and O–H groups in total. The Morgan fingerprint density at radius 1 is 0.727 bits per heavy atom. The fourth-order valence-corrected chi connectivity index (χ4v) is 13.2. The van der Waals surface area contributed by atoms with Crippen LogP contribution in [0.5, 0.6) is 0 Å². The van der Waals surface area contributed by atoms with Crippen LogP contribution < -0.4 is 65.5 Å². The number of para-hydroxylation sites is 1. The Kier molecular flexibility index (Phi) is 32.5. The zero-order valence-electron chi connectivity index (χ0n) is 56.1. The second kappa shape index (κ2) is 40.0. The fourth-order valence-electron chi connectivity index (χ4n) is 11.6. The number of aliphatic carboxylic acids is 1. The van der Waals surface area contributed by atoms with Crippen LogP contribution >= 0.6 is 0 Å². The van der Waals surface area contributed by atoms with Gasteiger partial charge in [-0.2, -0.15) is 4.31 Å². The smallest absolute Gasteiger partial charge is 0.326 e. The van der Waals surface area contributed by atoms with E-state index in [0.717, 1.165) is 16.4 Å². The molecular weight excluding hydrogens is 1310 g/mol. The molecule has 34 nitrogen and oxygen atoms in total. The summed E-state index contributed by atoms with van der Waals surface area (Å²) in [6.07, 6.45) is 4.62. The number of sulfonamides is 1. The third kappa shape index (κ3) is 24.6. The number of benzene rings is 2. The van der Waals surface area contributed by atoms with Gasteiger partial charge in [-0.15, -0.1) is 0 Å². The lowest BCUT2D eigenvalue weighted by Gasteiger charge is -2.31. The monoisotopic (exact) mass is 1410 g/mol. The largest absolute Gasteiger partial charge is 0.480 e. The lowest BCUT2D eigenvalue weighted by atomic mass is 10.0. The second-order valence-electron chi connectivity index (χ2n) is 25.0. The van der Waals surface area contributed by atoms with Crippen molar-refractivity contribution >= 4 is 86.7 Å². The van der Waals surface area contributed by atoms with Gasteiger partial charge in [-0.05, 0) is 108 Å². The number of amides is 10. The number of carboxylic acids is 1. The van der Waals surface area contributed by atoms with Gasteiger partial charge in [0.05, 0.1) is 24.1 Å². The van der Waals surface area contributed by atoms with Crippen LogP contribution in [0.3, 0.4) is 0 Å². The van der Waals surface area contributed by atoms with E-state index in [0.29, 0.717) is 37.7 Å². The van der Waals surface area contributed by atoms with Gasteiger partial charge in [0.2, 0.25) is 69.1 Å². The van der Waals surface area contributed by atoms with Gasteiger partial charge in [0, 0.05) is 45.2 Å². The topological polar surface area (TPSA) is 528 Å². The molecule has 2 aromatic carbocycles. The third-order valence-corrected chi connectivity index (χ3v) is 18.9. The number of carboxylic acid groups (broad SMARTS) is 1. The van der Waals surface area contributed by atoms with Crippen LogP contribution in [-0.2, 0) is 69.2 Å². The summed E-state index contributed by atoms with van der Waals surface area (Å²) in [5, 5.41) is 53.4. The quantitative estimate of drug-likeness (QED) is 0.00959. The molecule has 546 valence electrons. The number of nitrogens with one attached hydrogen (secondary N) is 8. The van der Waals surface area contributed by atoms with Crippen LogP contribution in [-0.4, -0.2) is 221 Å². The fraction of sp³-hybridized carbons (Fsp3) is 0.594. The van der Waals surface area contributed by atoms with E-state index in [1.165, 1.54) is 34.1 Å². The van der Waals surface area contributed by atoms with E-state index in [4.69, 9.17) is 22.9 Å². The van der Waals surface area contributed by atoms with Crippen molar-refractivity contribution in [1.82, 2.24) is 56.6 Å². The molecule has 10 amide bonds. The molecule has 3 aliphatic heterocycles. The highest BCUT2D eigenvalue weighted by atomic mass is 32.2. The van der Waals surface area contributed by atoms with Crippen molar-refractivity contribution in [1.29, 1.82) is 0 Å². The molecule has 2 aromatic rings. The summed E-state index contributed by atoms with van der Waals surface area (Å²) in [6.45, 7) is 2.63. The van der Waals surface area contributed by atoms with Gasteiger partial charge in [0.15, 0.2) is 10.9 Å². The number of nitrogens with zero attached hydrogens (tertiary/aromatic N) is 5. The summed E-state index contributed by atoms with van der Waals surface area (Å²) < 4.78 is 29.9. The summed E-state index contributed by atoms with van der Waals surface area (Å²) in [5.74, 6) is -10.3. The van der Waals surface area contributed by atoms with E-state index in [-0.39, 0.29) is 102 Å². The van der Waals surface area contributed by atoms with Gasteiger partial charge in [-0.25, -0.2) is 13.2 Å². The SMILES string of the molecule is CCCC[C@H](NC(=O)[C@@H]1CCCN1C(=O)CNC(=O)[C@H](CCCCN)NC(=O)[C@@H]1CCN(S(=O)(=O)c2ccccc2[N+](=O)[O-])C/C=C/C[C@H](N)C(=O)N[C@@H](CCCN=C(N)N)C(=O)N[C@@H](CC(C)C)C(=O)N[C@@H](CO)C(=O)N1)C(=O)N1CCC[C@H]1C(=O)N[C@@H](Cc1ccccc1)C(=O)O. The third-order valence-electron chi connectivity index (χ3n) is 17.0. The van der Waals surface area contributed by atoms with Crippen molar-refractivity contribution in [2.45, 2.75) is 189 Å². The molecule has 3 heterocycles. The van der Waals surface area contributed by atoms with E-state index in [1.807, 2.05) is 6.92 Å². The standard InChI is InChI=1S/C64H97N17O17S/c1-4-5-21-45(62(92)80-33-17-26-51(80)61(91)76-47(63(93)94)36-40-18-7-6-8-19-40)74-60(90)50-25-16-32-79(50)53(83)37-70-55(85)42(22-11-13-29-65)72-57(87)44-28-34-78(99(97,98)52-27-10-9-24-49(52)81(95)96)31-14-12-20-41(66)54(84)71-43(23-15-30-69-64(67)68)56(86)75-46(35-39(2)3)58(88)77-48(38-82)59(89)73-44/h6-10,12,14,18-19,24,27,39,41-48,50-51,82H,4-5,11,13,15-17,20-23,25-26,28-38,65-66H2,1-3H3,(H,70,85)(H,71,84)(H,72,87)(H,73,89)(H,74,90)(H,75,86)(H,76,91)(H,77,88)(H,93,94)(H4,67,68,69)/b14-12+/t41-,42-,43-,44-,45-,46-,47-,48-,50-,51-/m0/s1. The van der Waals surface area contributed by atoms with Crippen LogP contribution in [0.1, 0.15) is 123 Å². The van der Waals surface area contributed by atoms with Gasteiger partial charge in [-0.3, -0.25) is 63.1 Å². The molecule has 99 heavy (non-hydrogen) atoms. The Hall–Kier alpha value is -9.19. The van der Waals surface area contributed by atoms with Gasteiger partial charge in [-0.1, -0.05) is 88.2 Å². The Labute approximate surface area is 574 Å². The highest BCUT2D eigenvalue weighted by Crippen LogP contribution is 2.28. The molecule has 2 saturated heterocycles. The van der Waals surface area contributed by atoms with Gasteiger partial charge < -0.3 is 85.5 Å². The Morgan fingerprint density at radius 2 is 1.32 bits per heavy atom. The van der Waals surface area contributed by atoms with Crippen molar-refractivity contribution in [2.75, 3.05) is 52.4 Å². The Balaban J connectivity index is 1.40. The van der Waals surface area contributed by atoms with Gasteiger partial charge in [0.1, 0.15) is 54.4 Å². The molecule has 0 bridgehead atoms. The average Bonchev–Trinajstić information content (AvgIpc) is 1.09. The molecule has 0 unspecified atom stereocenters. The predicted octanol–water partition coefficient (Wildman–Crippen LogP) is -2.51. The van der Waals surface area contributed by atoms with Crippen LogP contribution in [0, 0.1) is 16.0 Å². The Morgan fingerprint density at radius 3 is 1.96 bits per heavy atom. The molecule has 2 fully saturated rings. The first-order valence-electron chi connectivity index (χ1n) is 33.4. The first kappa shape index (κ1) is 80.5. The molecule has 5 rings (SSSR count). The van der Waals surface area contributed by atoms with E-state index < -0.39 is 184 Å². The molecule has 0 saturated carbocycles. The van der Waals surface area contributed by atoms with Crippen molar-refractivity contribution < 1.29 is 76.3 Å². The number of nitrogens with two attached hydrogens (primary N) is 4. The minimum atomic E-state index is -4.91. The summed E-state index contributed by atoms with van der Waals surface area (Å²) in [6, 6.07) is -0.758. The number of aliphatic imine (C=N–C) groups is 1. The van der Waals surface area contributed by atoms with E-state index >= 15 is 0 Å². The van der Waals surface area contributed by atoms with Crippen LogP contribution in [0.4, 0.5) is 5.69 Å². The van der Waals surface area contributed by atoms with Gasteiger partial charge in [0.25, 0.3) is 5.69 Å². The number of likely N-dealkylation sites (tertiary alicyclic amines) is 2. The normalized spacial score (nSPS) is 22.0. The summed E-state index contributed by atoms with van der Waals surface area (Å²) in [5.41, 5.74) is 22.9. The maximum absolute atomic E-state index is 14.8. The van der Waals surface area contributed by atoms with Crippen LogP contribution in [0.2, 0.25) is 0 Å². The number of carbonyl (C=O) groups excluding carboxylic acids is 10. The number of hydrogen-bond acceptors (Lipinski definition) is 19. The van der Waals surface area contributed by atoms with E-state index in [9.17, 15) is 81.5 Å². The average molecular weight is 1410 g/mol. The predicted molar refractivity (Wildman–Crippen MR) is 361 cm³/mol. The lowest BCUT2D eigenvalue weighted by Crippen LogP contribution is -2.60. The van der Waals surface area contributed by atoms with Crippen LogP contribution in [0.15, 0.2) is 76.6 Å². The van der Waals surface area contributed by atoms with E-state index in [2.05, 4.69) is 47.5 Å². The molecule has 0 spiro atoms. The minimum Gasteiger partial charge on any atom is -0.480 e. The van der Waals surface area contributed by atoms with Crippen molar-refractivity contribution in [3.63, 3.8) is 0 Å². The number of carbonyl (C=O) groups is 11. The zero-order chi connectivity index (χ0) is 72.9. The molecule has 0 aliphatic carbocycles. The number of hydrogen-bond donors (Lipinski definition) is 14. The minimum absolute atomic E-state index is 0.00382. The van der Waals surface area contributed by atoms with Crippen molar-refractivity contribution in [3.8, 4) is 0 Å². The maximum Gasteiger partial charge on any atom is 0.326 e. The van der Waals surface area contributed by atoms with Crippen LogP contribution in [0.25, 0.3) is 0 Å². The molecule has 0 aromatic heterocycles. The number of unbranched alkanes of at least 4 members (excludes halogenated alkanes) is 2. The number of rotatable bonds is 30. The van der Waals surface area contributed by atoms with Crippen molar-refractivity contribution in [3.05, 3.63) is 82.4 Å². The summed E-state index contributed by atoms with van der Waals surface area (Å²) in [7, 11) is -4.91. The summed E-state index contributed by atoms with van der Waals surface area (Å²) >= 11 is 0. The second-order valence-corrected chi connectivity index (χ2v) is 26.9. The van der Waals surface area contributed by atoms with Gasteiger partial charge >= 0.3 is 5.97 Å². The first-order valence-corrected chi connectivity index (χ1v) is 34.8. The number of nitro benzene ring substituents is 1. The highest BCUT2D eigenvalue weighted by molar-refractivity contribution is 7.89. The van der Waals surface area contributed by atoms with E-state index in [1.54, 1.807) is 44.2 Å². The number of guanidine groups is 1. The Bertz CT molecular complexity index is 3320. The number of aliphatic hydroxyl groups is 1. The molecular formula is C64H97N17O17S. The molecule has 10 atom stereocenters.